The van der Waals surface area contributed by atoms with E-state index in [1.54, 1.807) is 23.5 Å². The molecule has 0 aliphatic heterocycles. The summed E-state index contributed by atoms with van der Waals surface area (Å²) in [4.78, 5) is 5.53. The molecular weight excluding hydrogens is 261 g/mol. The summed E-state index contributed by atoms with van der Waals surface area (Å²) in [5.74, 6) is -0.199. The minimum Gasteiger partial charge on any atom is -0.307 e. The Bertz CT molecular complexity index is 684. The van der Waals surface area contributed by atoms with Crippen molar-refractivity contribution in [3.63, 3.8) is 0 Å². The highest BCUT2D eigenvalue weighted by atomic mass is 32.1. The number of benzene rings is 1. The molecule has 0 atom stereocenters. The van der Waals surface area contributed by atoms with Crippen LogP contribution in [-0.4, -0.2) is 9.38 Å². The first kappa shape index (κ1) is 12.3. The number of imidazole rings is 1. The monoisotopic (exact) mass is 275 g/mol. The highest BCUT2D eigenvalue weighted by Gasteiger charge is 2.08. The van der Waals surface area contributed by atoms with Gasteiger partial charge in [-0.2, -0.15) is 0 Å². The number of aromatic nitrogens is 2. The van der Waals surface area contributed by atoms with Gasteiger partial charge in [0, 0.05) is 24.7 Å². The van der Waals surface area contributed by atoms with Gasteiger partial charge >= 0.3 is 0 Å². The van der Waals surface area contributed by atoms with Crippen LogP contribution in [0.1, 0.15) is 17.0 Å². The lowest BCUT2D eigenvalue weighted by Crippen LogP contribution is -2.14. The first-order valence-electron chi connectivity index (χ1n) is 6.10. The number of nitrogens with zero attached hydrogens (tertiary/aromatic N) is 2. The van der Waals surface area contributed by atoms with Gasteiger partial charge in [-0.25, -0.2) is 9.37 Å². The summed E-state index contributed by atoms with van der Waals surface area (Å²) in [7, 11) is 0. The van der Waals surface area contributed by atoms with Gasteiger partial charge in [-0.05, 0) is 24.6 Å². The second-order valence-electron chi connectivity index (χ2n) is 4.43. The summed E-state index contributed by atoms with van der Waals surface area (Å²) in [5, 5.41) is 5.40. The number of thiazole rings is 1. The van der Waals surface area contributed by atoms with Crippen LogP contribution in [0.4, 0.5) is 4.39 Å². The SMILES string of the molecule is Cc1nc2sccn2c1CNCc1ccc(F)cc1. The lowest BCUT2D eigenvalue weighted by atomic mass is 10.2. The first-order chi connectivity index (χ1) is 9.24. The second-order valence-corrected chi connectivity index (χ2v) is 5.30. The fourth-order valence-electron chi connectivity index (χ4n) is 2.08. The van der Waals surface area contributed by atoms with Crippen molar-refractivity contribution in [2.24, 2.45) is 0 Å². The van der Waals surface area contributed by atoms with Crippen LogP contribution in [0.25, 0.3) is 4.96 Å². The average Bonchev–Trinajstić information content (AvgIpc) is 2.94. The lowest BCUT2D eigenvalue weighted by Gasteiger charge is -2.05. The van der Waals surface area contributed by atoms with E-state index in [1.165, 1.54) is 17.8 Å². The molecule has 0 saturated heterocycles. The molecule has 1 N–H and O–H groups in total. The number of rotatable bonds is 4. The molecule has 3 rings (SSSR count). The highest BCUT2D eigenvalue weighted by molar-refractivity contribution is 7.15. The molecule has 0 aliphatic carbocycles. The van der Waals surface area contributed by atoms with Crippen LogP contribution in [0.3, 0.4) is 0 Å². The zero-order chi connectivity index (χ0) is 13.2. The fourth-order valence-corrected chi connectivity index (χ4v) is 2.86. The van der Waals surface area contributed by atoms with Gasteiger partial charge < -0.3 is 5.32 Å². The van der Waals surface area contributed by atoms with E-state index in [0.29, 0.717) is 0 Å². The summed E-state index contributed by atoms with van der Waals surface area (Å²) in [6.07, 6.45) is 2.04. The van der Waals surface area contributed by atoms with Gasteiger partial charge in [-0.15, -0.1) is 11.3 Å². The maximum atomic E-state index is 12.8. The van der Waals surface area contributed by atoms with Gasteiger partial charge in [0.25, 0.3) is 0 Å². The van der Waals surface area contributed by atoms with Gasteiger partial charge in [0.1, 0.15) is 5.82 Å². The first-order valence-corrected chi connectivity index (χ1v) is 6.98. The largest absolute Gasteiger partial charge is 0.307 e. The van der Waals surface area contributed by atoms with Gasteiger partial charge in [0.15, 0.2) is 4.96 Å². The highest BCUT2D eigenvalue weighted by Crippen LogP contribution is 2.16. The van der Waals surface area contributed by atoms with Crippen LogP contribution < -0.4 is 5.32 Å². The lowest BCUT2D eigenvalue weighted by molar-refractivity contribution is 0.624. The van der Waals surface area contributed by atoms with Gasteiger partial charge in [0.2, 0.25) is 0 Å². The molecule has 2 heterocycles. The number of nitrogens with one attached hydrogen (secondary N) is 1. The molecule has 1 aromatic carbocycles. The predicted molar refractivity (Wildman–Crippen MR) is 74.7 cm³/mol. The fraction of sp³-hybridized carbons (Fsp3) is 0.214. The molecule has 0 fully saturated rings. The van der Waals surface area contributed by atoms with Crippen molar-refractivity contribution in [1.82, 2.24) is 14.7 Å². The molecule has 3 aromatic rings. The van der Waals surface area contributed by atoms with Crippen molar-refractivity contribution < 1.29 is 4.39 Å². The number of halogens is 1. The maximum absolute atomic E-state index is 12.8. The molecule has 0 radical (unpaired) electrons. The molecule has 0 aliphatic rings. The number of hydrogen-bond donors (Lipinski definition) is 1. The van der Waals surface area contributed by atoms with E-state index < -0.39 is 0 Å². The minimum absolute atomic E-state index is 0.199. The van der Waals surface area contributed by atoms with E-state index in [4.69, 9.17) is 0 Å². The summed E-state index contributed by atoms with van der Waals surface area (Å²) in [5.41, 5.74) is 3.31. The summed E-state index contributed by atoms with van der Waals surface area (Å²) < 4.78 is 14.9. The van der Waals surface area contributed by atoms with Crippen molar-refractivity contribution >= 4 is 16.3 Å². The molecule has 98 valence electrons. The summed E-state index contributed by atoms with van der Waals surface area (Å²) in [6.45, 7) is 3.49. The number of hydrogen-bond acceptors (Lipinski definition) is 3. The normalized spacial score (nSPS) is 11.3. The topological polar surface area (TPSA) is 29.3 Å². The van der Waals surface area contributed by atoms with E-state index in [-0.39, 0.29) is 5.82 Å². The molecule has 0 spiro atoms. The molecular formula is C14H14FN3S. The summed E-state index contributed by atoms with van der Waals surface area (Å²) in [6, 6.07) is 6.56. The third-order valence-electron chi connectivity index (χ3n) is 3.10. The Morgan fingerprint density at radius 3 is 2.84 bits per heavy atom. The van der Waals surface area contributed by atoms with Crippen LogP contribution in [-0.2, 0) is 13.1 Å². The van der Waals surface area contributed by atoms with Crippen LogP contribution in [0.2, 0.25) is 0 Å². The molecule has 3 nitrogen and oxygen atoms in total. The van der Waals surface area contributed by atoms with E-state index in [2.05, 4.69) is 14.7 Å². The molecule has 0 amide bonds. The van der Waals surface area contributed by atoms with Crippen LogP contribution in [0.15, 0.2) is 35.8 Å². The van der Waals surface area contributed by atoms with Crippen molar-refractivity contribution in [2.75, 3.05) is 0 Å². The molecule has 5 heteroatoms. The Hall–Kier alpha value is -1.72. The van der Waals surface area contributed by atoms with Gasteiger partial charge in [0.05, 0.1) is 11.4 Å². The maximum Gasteiger partial charge on any atom is 0.194 e. The zero-order valence-corrected chi connectivity index (χ0v) is 11.4. The van der Waals surface area contributed by atoms with E-state index in [9.17, 15) is 4.39 Å². The molecule has 0 bridgehead atoms. The van der Waals surface area contributed by atoms with Gasteiger partial charge in [-0.1, -0.05) is 12.1 Å². The van der Waals surface area contributed by atoms with Crippen LogP contribution in [0, 0.1) is 12.7 Å². The van der Waals surface area contributed by atoms with Gasteiger partial charge in [-0.3, -0.25) is 4.40 Å². The van der Waals surface area contributed by atoms with Crippen molar-refractivity contribution in [3.05, 3.63) is 58.6 Å². The standard InChI is InChI=1S/C14H14FN3S/c1-10-13(18-6-7-19-14(18)17-10)9-16-8-11-2-4-12(15)5-3-11/h2-7,16H,8-9H2,1H3. The number of fused-ring (bicyclic) bond motifs is 1. The van der Waals surface area contributed by atoms with Crippen LogP contribution >= 0.6 is 11.3 Å². The molecule has 2 aromatic heterocycles. The molecule has 0 saturated carbocycles. The molecule has 0 unspecified atom stereocenters. The number of aryl methyl sites for hydroxylation is 1. The zero-order valence-electron chi connectivity index (χ0n) is 10.6. The third-order valence-corrected chi connectivity index (χ3v) is 3.85. The van der Waals surface area contributed by atoms with Crippen molar-refractivity contribution in [3.8, 4) is 0 Å². The Morgan fingerprint density at radius 2 is 2.05 bits per heavy atom. The smallest absolute Gasteiger partial charge is 0.194 e. The minimum atomic E-state index is -0.199. The Morgan fingerprint density at radius 1 is 1.26 bits per heavy atom. The van der Waals surface area contributed by atoms with Crippen LogP contribution in [0.5, 0.6) is 0 Å². The quantitative estimate of drug-likeness (QED) is 0.792. The van der Waals surface area contributed by atoms with Crippen molar-refractivity contribution in [2.45, 2.75) is 20.0 Å². The predicted octanol–water partition coefficient (Wildman–Crippen LogP) is 3.13. The molecule has 19 heavy (non-hydrogen) atoms. The van der Waals surface area contributed by atoms with E-state index in [0.717, 1.165) is 29.3 Å². The summed E-state index contributed by atoms with van der Waals surface area (Å²) >= 11 is 1.64. The Balaban J connectivity index is 1.67. The Kier molecular flexibility index (Phi) is 3.31. The van der Waals surface area contributed by atoms with E-state index >= 15 is 0 Å². The third kappa shape index (κ3) is 2.52. The second kappa shape index (κ2) is 5.11. The average molecular weight is 275 g/mol. The van der Waals surface area contributed by atoms with E-state index in [1.807, 2.05) is 18.5 Å². The Labute approximate surface area is 114 Å². The van der Waals surface area contributed by atoms with Crippen molar-refractivity contribution in [1.29, 1.82) is 0 Å².